The number of hydrogen-bond donors (Lipinski definition) is 2. The number of carbonyl (C=O) groups excluding carboxylic acids is 1. The van der Waals surface area contributed by atoms with Gasteiger partial charge in [0.15, 0.2) is 5.82 Å². The van der Waals surface area contributed by atoms with Gasteiger partial charge in [-0.25, -0.2) is 4.98 Å². The van der Waals surface area contributed by atoms with Gasteiger partial charge in [-0.05, 0) is 30.2 Å². The first kappa shape index (κ1) is 21.2. The molecule has 0 aliphatic carbocycles. The number of thiophene rings is 1. The number of fused-ring (bicyclic) bond motifs is 1. The highest BCUT2D eigenvalue weighted by Crippen LogP contribution is 2.26. The molecule has 3 aromatic heterocycles. The second-order valence-corrected chi connectivity index (χ2v) is 8.30. The molecule has 31 heavy (non-hydrogen) atoms. The standard InChI is InChI=1S/C20H18ClN5O4S/c1-10-16-19(31-17(10)18(28)22-2)23-9-26(20(16)29)8-15-24-14(25-30-15)7-13(27)11-3-5-12(21)6-4-11/h3-6,9,13,27H,7-8H2,1-2H3,(H,22,28)/t13-/m0/s1. The molecule has 0 aliphatic rings. The van der Waals surface area contributed by atoms with E-state index in [1.807, 2.05) is 0 Å². The summed E-state index contributed by atoms with van der Waals surface area (Å²) in [5.41, 5.74) is 0.972. The minimum Gasteiger partial charge on any atom is -0.388 e. The molecule has 1 amide bonds. The minimum absolute atomic E-state index is 0.0242. The van der Waals surface area contributed by atoms with Gasteiger partial charge in [-0.15, -0.1) is 11.3 Å². The van der Waals surface area contributed by atoms with Crippen molar-refractivity contribution in [2.24, 2.45) is 0 Å². The van der Waals surface area contributed by atoms with E-state index in [-0.39, 0.29) is 30.3 Å². The van der Waals surface area contributed by atoms with E-state index in [2.05, 4.69) is 20.4 Å². The van der Waals surface area contributed by atoms with E-state index in [1.165, 1.54) is 29.3 Å². The Hall–Kier alpha value is -3.08. The maximum absolute atomic E-state index is 12.9. The van der Waals surface area contributed by atoms with Crippen LogP contribution in [0.2, 0.25) is 5.02 Å². The van der Waals surface area contributed by atoms with Gasteiger partial charge in [0, 0.05) is 18.5 Å². The summed E-state index contributed by atoms with van der Waals surface area (Å²) in [5, 5.41) is 17.8. The number of halogens is 1. The van der Waals surface area contributed by atoms with Crippen LogP contribution in [-0.2, 0) is 13.0 Å². The smallest absolute Gasteiger partial charge is 0.262 e. The second-order valence-electron chi connectivity index (χ2n) is 6.87. The molecule has 1 aromatic carbocycles. The topological polar surface area (TPSA) is 123 Å². The summed E-state index contributed by atoms with van der Waals surface area (Å²) in [5.74, 6) is 0.265. The van der Waals surface area contributed by atoms with Gasteiger partial charge in [-0.1, -0.05) is 28.9 Å². The van der Waals surface area contributed by atoms with Crippen LogP contribution >= 0.6 is 22.9 Å². The lowest BCUT2D eigenvalue weighted by Crippen LogP contribution is -2.22. The number of amides is 1. The third-order valence-electron chi connectivity index (χ3n) is 4.80. The number of aliphatic hydroxyl groups is 1. The molecule has 11 heteroatoms. The van der Waals surface area contributed by atoms with E-state index in [9.17, 15) is 14.7 Å². The zero-order valence-corrected chi connectivity index (χ0v) is 18.2. The molecule has 4 aromatic rings. The molecule has 1 atom stereocenters. The summed E-state index contributed by atoms with van der Waals surface area (Å²) in [6.45, 7) is 1.75. The number of hydrogen-bond acceptors (Lipinski definition) is 8. The molecular formula is C20H18ClN5O4S. The SMILES string of the molecule is CNC(=O)c1sc2ncn(Cc3nc(C[C@H](O)c4ccc(Cl)cc4)no3)c(=O)c2c1C. The molecule has 0 aliphatic heterocycles. The Morgan fingerprint density at radius 3 is 2.81 bits per heavy atom. The second kappa shape index (κ2) is 8.58. The Morgan fingerprint density at radius 1 is 1.35 bits per heavy atom. The molecule has 0 bridgehead atoms. The van der Waals surface area contributed by atoms with Crippen LogP contribution < -0.4 is 10.9 Å². The van der Waals surface area contributed by atoms with E-state index < -0.39 is 6.10 Å². The molecule has 0 radical (unpaired) electrons. The highest BCUT2D eigenvalue weighted by atomic mass is 35.5. The van der Waals surface area contributed by atoms with Crippen LogP contribution in [0.5, 0.6) is 0 Å². The quantitative estimate of drug-likeness (QED) is 0.454. The van der Waals surface area contributed by atoms with Crippen LogP contribution in [0.25, 0.3) is 10.2 Å². The summed E-state index contributed by atoms with van der Waals surface area (Å²) in [7, 11) is 1.54. The van der Waals surface area contributed by atoms with Crippen molar-refractivity contribution in [3.8, 4) is 0 Å². The summed E-state index contributed by atoms with van der Waals surface area (Å²) >= 11 is 7.04. The van der Waals surface area contributed by atoms with E-state index in [0.717, 1.165) is 0 Å². The molecule has 4 rings (SSSR count). The van der Waals surface area contributed by atoms with E-state index in [4.69, 9.17) is 16.1 Å². The molecule has 2 N–H and O–H groups in total. The lowest BCUT2D eigenvalue weighted by molar-refractivity contribution is 0.0966. The Morgan fingerprint density at radius 2 is 2.10 bits per heavy atom. The van der Waals surface area contributed by atoms with Crippen molar-refractivity contribution in [1.29, 1.82) is 0 Å². The van der Waals surface area contributed by atoms with Crippen LogP contribution in [0.15, 0.2) is 39.9 Å². The van der Waals surface area contributed by atoms with Crippen LogP contribution in [0.3, 0.4) is 0 Å². The Bertz CT molecular complexity index is 1310. The van der Waals surface area contributed by atoms with E-state index >= 15 is 0 Å². The summed E-state index contributed by atoms with van der Waals surface area (Å²) in [6.07, 6.45) is 0.719. The van der Waals surface area contributed by atoms with Crippen molar-refractivity contribution >= 4 is 39.1 Å². The number of aliphatic hydroxyl groups excluding tert-OH is 1. The van der Waals surface area contributed by atoms with E-state index in [1.54, 1.807) is 31.2 Å². The summed E-state index contributed by atoms with van der Waals surface area (Å²) < 4.78 is 6.59. The average Bonchev–Trinajstić information content (AvgIpc) is 3.34. The maximum Gasteiger partial charge on any atom is 0.262 e. The maximum atomic E-state index is 12.9. The van der Waals surface area contributed by atoms with Crippen molar-refractivity contribution < 1.29 is 14.4 Å². The number of carbonyl (C=O) groups is 1. The fourth-order valence-corrected chi connectivity index (χ4v) is 4.37. The molecule has 0 spiro atoms. The van der Waals surface area contributed by atoms with Crippen molar-refractivity contribution in [3.05, 3.63) is 73.7 Å². The van der Waals surface area contributed by atoms with Crippen LogP contribution in [0.1, 0.15) is 38.6 Å². The zero-order chi connectivity index (χ0) is 22.1. The Balaban J connectivity index is 1.55. The van der Waals surface area contributed by atoms with Crippen molar-refractivity contribution in [1.82, 2.24) is 25.0 Å². The minimum atomic E-state index is -0.819. The number of benzene rings is 1. The van der Waals surface area contributed by atoms with Crippen molar-refractivity contribution in [3.63, 3.8) is 0 Å². The zero-order valence-electron chi connectivity index (χ0n) is 16.6. The van der Waals surface area contributed by atoms with Crippen LogP contribution in [0.4, 0.5) is 0 Å². The predicted molar refractivity (Wildman–Crippen MR) is 116 cm³/mol. The van der Waals surface area contributed by atoms with Gasteiger partial charge < -0.3 is 14.9 Å². The number of aryl methyl sites for hydroxylation is 1. The van der Waals surface area contributed by atoms with Gasteiger partial charge in [0.2, 0.25) is 5.89 Å². The van der Waals surface area contributed by atoms with Gasteiger partial charge in [-0.2, -0.15) is 4.98 Å². The molecular weight excluding hydrogens is 442 g/mol. The molecule has 3 heterocycles. The average molecular weight is 460 g/mol. The number of rotatable bonds is 6. The molecule has 0 unspecified atom stereocenters. The highest BCUT2D eigenvalue weighted by Gasteiger charge is 2.20. The first-order valence-electron chi connectivity index (χ1n) is 9.33. The summed E-state index contributed by atoms with van der Waals surface area (Å²) in [4.78, 5) is 34.5. The number of nitrogens with zero attached hydrogens (tertiary/aromatic N) is 4. The lowest BCUT2D eigenvalue weighted by Gasteiger charge is -2.08. The third-order valence-corrected chi connectivity index (χ3v) is 6.25. The van der Waals surface area contributed by atoms with Crippen LogP contribution in [-0.4, -0.2) is 37.8 Å². The fraction of sp³-hybridized carbons (Fsp3) is 0.250. The van der Waals surface area contributed by atoms with E-state index in [0.29, 0.717) is 37.1 Å². The molecule has 0 saturated heterocycles. The Labute approximate surface area is 185 Å². The normalized spacial score (nSPS) is 12.3. The molecule has 0 fully saturated rings. The first-order chi connectivity index (χ1) is 14.9. The van der Waals surface area contributed by atoms with Gasteiger partial charge >= 0.3 is 0 Å². The summed E-state index contributed by atoms with van der Waals surface area (Å²) in [6, 6.07) is 6.84. The molecule has 160 valence electrons. The third kappa shape index (κ3) is 4.22. The van der Waals surface area contributed by atoms with Crippen LogP contribution in [0, 0.1) is 6.92 Å². The fourth-order valence-electron chi connectivity index (χ4n) is 3.16. The van der Waals surface area contributed by atoms with Crippen molar-refractivity contribution in [2.45, 2.75) is 26.0 Å². The molecule has 9 nitrogen and oxygen atoms in total. The highest BCUT2D eigenvalue weighted by molar-refractivity contribution is 7.20. The predicted octanol–water partition coefficient (Wildman–Crippen LogP) is 2.49. The number of aromatic nitrogens is 4. The Kier molecular flexibility index (Phi) is 5.86. The molecule has 0 saturated carbocycles. The monoisotopic (exact) mass is 459 g/mol. The lowest BCUT2D eigenvalue weighted by atomic mass is 10.1. The first-order valence-corrected chi connectivity index (χ1v) is 10.5. The van der Waals surface area contributed by atoms with Gasteiger partial charge in [0.1, 0.15) is 11.4 Å². The van der Waals surface area contributed by atoms with Gasteiger partial charge in [-0.3, -0.25) is 14.2 Å². The van der Waals surface area contributed by atoms with Crippen molar-refractivity contribution in [2.75, 3.05) is 7.05 Å². The van der Waals surface area contributed by atoms with Gasteiger partial charge in [0.05, 0.1) is 22.7 Å². The largest absolute Gasteiger partial charge is 0.388 e. The number of nitrogens with one attached hydrogen (secondary N) is 1. The van der Waals surface area contributed by atoms with Gasteiger partial charge in [0.25, 0.3) is 11.5 Å².